The van der Waals surface area contributed by atoms with E-state index in [1.165, 1.54) is 0 Å². The van der Waals surface area contributed by atoms with E-state index in [2.05, 4.69) is 42.9 Å². The topological polar surface area (TPSA) is 113 Å². The van der Waals surface area contributed by atoms with Crippen LogP contribution in [0.25, 0.3) is 11.4 Å². The number of nitrogens with zero attached hydrogens (tertiary/aromatic N) is 5. The Morgan fingerprint density at radius 1 is 1.31 bits per heavy atom. The number of hydrogen-bond acceptors (Lipinski definition) is 5. The third-order valence-corrected chi connectivity index (χ3v) is 3.84. The van der Waals surface area contributed by atoms with Gasteiger partial charge in [-0.3, -0.25) is 5.10 Å². The van der Waals surface area contributed by atoms with Gasteiger partial charge in [0, 0.05) is 17.8 Å². The van der Waals surface area contributed by atoms with Gasteiger partial charge in [-0.25, -0.2) is 9.78 Å². The number of nitrogens with one attached hydrogen (secondary N) is 3. The first-order valence-corrected chi connectivity index (χ1v) is 8.51. The second kappa shape index (κ2) is 7.77. The lowest BCUT2D eigenvalue weighted by Crippen LogP contribution is -2.32. The van der Waals surface area contributed by atoms with Crippen molar-refractivity contribution >= 4 is 11.7 Å². The van der Waals surface area contributed by atoms with Crippen LogP contribution >= 0.6 is 0 Å². The van der Waals surface area contributed by atoms with E-state index in [1.807, 2.05) is 42.7 Å². The molecule has 2 amide bonds. The van der Waals surface area contributed by atoms with Crippen molar-refractivity contribution in [3.05, 3.63) is 42.2 Å². The van der Waals surface area contributed by atoms with E-state index in [0.717, 1.165) is 30.2 Å². The highest BCUT2D eigenvalue weighted by Gasteiger charge is 2.15. The average Bonchev–Trinajstić information content (AvgIpc) is 3.25. The zero-order valence-corrected chi connectivity index (χ0v) is 15.0. The minimum atomic E-state index is -0.301. The largest absolute Gasteiger partial charge is 0.328 e. The predicted molar refractivity (Wildman–Crippen MR) is 97.4 cm³/mol. The van der Waals surface area contributed by atoms with Gasteiger partial charge in [0.15, 0.2) is 11.6 Å². The van der Waals surface area contributed by atoms with Crippen molar-refractivity contribution in [2.45, 2.75) is 39.8 Å². The Bertz CT molecular complexity index is 867. The number of benzene rings is 1. The number of carbonyl (C=O) groups is 1. The Labute approximate surface area is 151 Å². The summed E-state index contributed by atoms with van der Waals surface area (Å²) in [4.78, 5) is 16.5. The van der Waals surface area contributed by atoms with Crippen LogP contribution in [0.3, 0.4) is 0 Å². The van der Waals surface area contributed by atoms with Crippen LogP contribution in [0.4, 0.5) is 10.5 Å². The highest BCUT2D eigenvalue weighted by atomic mass is 16.2. The van der Waals surface area contributed by atoms with E-state index in [-0.39, 0.29) is 12.1 Å². The molecular weight excluding hydrogens is 332 g/mol. The third kappa shape index (κ3) is 4.05. The van der Waals surface area contributed by atoms with Gasteiger partial charge in [0.25, 0.3) is 0 Å². The van der Waals surface area contributed by atoms with E-state index in [4.69, 9.17) is 0 Å². The molecule has 0 bridgehead atoms. The molecule has 2 heterocycles. The number of aromatic amines is 1. The summed E-state index contributed by atoms with van der Waals surface area (Å²) in [5, 5.41) is 20.6. The van der Waals surface area contributed by atoms with Gasteiger partial charge in [-0.1, -0.05) is 6.92 Å². The zero-order valence-electron chi connectivity index (χ0n) is 15.0. The summed E-state index contributed by atoms with van der Waals surface area (Å²) in [7, 11) is 0. The highest BCUT2D eigenvalue weighted by molar-refractivity contribution is 5.89. The second-order valence-electron chi connectivity index (χ2n) is 6.02. The standard InChI is InChI=1S/C17H22N8O/c1-4-9-25-10-18-24-16(25)11(2)19-17(26)21-14-7-5-13(6-8-14)15-20-12(3)22-23-15/h5-8,10-11H,4,9H2,1-3H3,(H2,19,21,26)(H,20,22,23)/t11-/m1/s1. The van der Waals surface area contributed by atoms with Gasteiger partial charge in [-0.2, -0.15) is 5.10 Å². The first kappa shape index (κ1) is 17.6. The maximum Gasteiger partial charge on any atom is 0.319 e. The van der Waals surface area contributed by atoms with Crippen LogP contribution in [0.5, 0.6) is 0 Å². The van der Waals surface area contributed by atoms with E-state index in [9.17, 15) is 4.79 Å². The normalized spacial score (nSPS) is 12.0. The van der Waals surface area contributed by atoms with Gasteiger partial charge in [0.2, 0.25) is 0 Å². The summed E-state index contributed by atoms with van der Waals surface area (Å²) >= 11 is 0. The summed E-state index contributed by atoms with van der Waals surface area (Å²) in [6.07, 6.45) is 2.65. The second-order valence-corrected chi connectivity index (χ2v) is 6.02. The fraction of sp³-hybridized carbons (Fsp3) is 0.353. The van der Waals surface area contributed by atoms with E-state index in [1.54, 1.807) is 6.33 Å². The summed E-state index contributed by atoms with van der Waals surface area (Å²) in [6, 6.07) is 6.79. The van der Waals surface area contributed by atoms with Gasteiger partial charge in [-0.05, 0) is 44.5 Å². The molecule has 0 radical (unpaired) electrons. The number of carbonyl (C=O) groups excluding carboxylic acids is 1. The van der Waals surface area contributed by atoms with Crippen LogP contribution in [0.1, 0.15) is 38.0 Å². The third-order valence-electron chi connectivity index (χ3n) is 3.84. The summed E-state index contributed by atoms with van der Waals surface area (Å²) in [5.41, 5.74) is 1.56. The van der Waals surface area contributed by atoms with Gasteiger partial charge in [0.05, 0.1) is 6.04 Å². The predicted octanol–water partition coefficient (Wildman–Crippen LogP) is 2.66. The van der Waals surface area contributed by atoms with Gasteiger partial charge >= 0.3 is 6.03 Å². The molecule has 0 aliphatic rings. The van der Waals surface area contributed by atoms with E-state index in [0.29, 0.717) is 11.5 Å². The van der Waals surface area contributed by atoms with E-state index >= 15 is 0 Å². The molecule has 0 saturated heterocycles. The lowest BCUT2D eigenvalue weighted by molar-refractivity contribution is 0.248. The van der Waals surface area contributed by atoms with Gasteiger partial charge in [0.1, 0.15) is 12.2 Å². The fourth-order valence-electron chi connectivity index (χ4n) is 2.62. The van der Waals surface area contributed by atoms with Crippen molar-refractivity contribution in [2.24, 2.45) is 0 Å². The molecule has 1 aromatic carbocycles. The van der Waals surface area contributed by atoms with Crippen LogP contribution in [0.15, 0.2) is 30.6 Å². The molecule has 26 heavy (non-hydrogen) atoms. The lowest BCUT2D eigenvalue weighted by atomic mass is 10.2. The van der Waals surface area contributed by atoms with Crippen LogP contribution in [-0.2, 0) is 6.54 Å². The maximum atomic E-state index is 12.2. The molecule has 0 aliphatic carbocycles. The van der Waals surface area contributed by atoms with Crippen LogP contribution < -0.4 is 10.6 Å². The molecule has 136 valence electrons. The molecule has 3 rings (SSSR count). The molecule has 2 aromatic heterocycles. The average molecular weight is 354 g/mol. The van der Waals surface area contributed by atoms with E-state index < -0.39 is 0 Å². The van der Waals surface area contributed by atoms with Gasteiger partial charge in [-0.15, -0.1) is 10.2 Å². The quantitative estimate of drug-likeness (QED) is 0.630. The van der Waals surface area contributed by atoms with Crippen molar-refractivity contribution in [1.29, 1.82) is 0 Å². The molecule has 3 N–H and O–H groups in total. The van der Waals surface area contributed by atoms with Crippen LogP contribution in [-0.4, -0.2) is 36.0 Å². The molecule has 0 aliphatic heterocycles. The minimum Gasteiger partial charge on any atom is -0.328 e. The summed E-state index contributed by atoms with van der Waals surface area (Å²) < 4.78 is 1.94. The lowest BCUT2D eigenvalue weighted by Gasteiger charge is -2.15. The number of rotatable bonds is 6. The van der Waals surface area contributed by atoms with Crippen molar-refractivity contribution < 1.29 is 4.79 Å². The summed E-state index contributed by atoms with van der Waals surface area (Å²) in [6.45, 7) is 6.62. The number of urea groups is 1. The molecule has 0 fully saturated rings. The minimum absolute atomic E-state index is 0.250. The SMILES string of the molecule is CCCn1cnnc1[C@@H](C)NC(=O)Nc1ccc(-c2n[nH]c(C)n2)cc1. The molecular formula is C17H22N8O. The first-order chi connectivity index (χ1) is 12.6. The number of amides is 2. The molecule has 0 spiro atoms. The maximum absolute atomic E-state index is 12.2. The van der Waals surface area contributed by atoms with Crippen molar-refractivity contribution in [2.75, 3.05) is 5.32 Å². The Morgan fingerprint density at radius 2 is 2.08 bits per heavy atom. The highest BCUT2D eigenvalue weighted by Crippen LogP contribution is 2.18. The summed E-state index contributed by atoms with van der Waals surface area (Å²) in [5.74, 6) is 2.12. The smallest absolute Gasteiger partial charge is 0.319 e. The molecule has 9 nitrogen and oxygen atoms in total. The number of aromatic nitrogens is 6. The van der Waals surface area contributed by atoms with Crippen molar-refractivity contribution in [1.82, 2.24) is 35.3 Å². The molecule has 0 unspecified atom stereocenters. The number of hydrogen-bond donors (Lipinski definition) is 3. The number of H-pyrrole nitrogens is 1. The molecule has 0 saturated carbocycles. The van der Waals surface area contributed by atoms with Crippen molar-refractivity contribution in [3.8, 4) is 11.4 Å². The van der Waals surface area contributed by atoms with Crippen LogP contribution in [0.2, 0.25) is 0 Å². The van der Waals surface area contributed by atoms with Crippen molar-refractivity contribution in [3.63, 3.8) is 0 Å². The molecule has 3 aromatic rings. The first-order valence-electron chi connectivity index (χ1n) is 8.51. The van der Waals surface area contributed by atoms with Gasteiger partial charge < -0.3 is 15.2 Å². The number of anilines is 1. The molecule has 1 atom stereocenters. The fourth-order valence-corrected chi connectivity index (χ4v) is 2.62. The Hall–Kier alpha value is -3.23. The monoisotopic (exact) mass is 354 g/mol. The zero-order chi connectivity index (χ0) is 18.5. The van der Waals surface area contributed by atoms with Crippen LogP contribution in [0, 0.1) is 6.92 Å². The molecule has 9 heteroatoms. The number of aryl methyl sites for hydroxylation is 2. The Balaban J connectivity index is 1.60. The Kier molecular flexibility index (Phi) is 5.26. The Morgan fingerprint density at radius 3 is 2.73 bits per heavy atom.